The van der Waals surface area contributed by atoms with E-state index in [0.717, 1.165) is 11.1 Å². The first-order valence-corrected chi connectivity index (χ1v) is 11.8. The number of piperidine rings is 1. The summed E-state index contributed by atoms with van der Waals surface area (Å²) in [5.41, 5.74) is 1.59. The molecule has 0 saturated carbocycles. The van der Waals surface area contributed by atoms with Gasteiger partial charge in [0.1, 0.15) is 0 Å². The van der Waals surface area contributed by atoms with Crippen molar-refractivity contribution in [2.75, 3.05) is 32.7 Å². The number of rotatable bonds is 4. The molecule has 2 aliphatic heterocycles. The standard InChI is InChI=1S/C27H33N3O3/c1-21(31)30-18-17-29(20-24(30)23-11-7-4-8-12-23)26(33)27(2)13-15-28(16-14-27)25(32)19-22-9-5-3-6-10-22/h3-12,24H,13-20H2,1-2H3/t24-/m1/s1. The highest BCUT2D eigenvalue weighted by atomic mass is 16.2. The minimum Gasteiger partial charge on any atom is -0.342 e. The minimum atomic E-state index is -0.483. The molecule has 0 aliphatic carbocycles. The van der Waals surface area contributed by atoms with Crippen LogP contribution < -0.4 is 0 Å². The Labute approximate surface area is 196 Å². The Morgan fingerprint density at radius 3 is 2.06 bits per heavy atom. The topological polar surface area (TPSA) is 60.9 Å². The van der Waals surface area contributed by atoms with Gasteiger partial charge in [-0.2, -0.15) is 0 Å². The smallest absolute Gasteiger partial charge is 0.228 e. The van der Waals surface area contributed by atoms with Crippen molar-refractivity contribution in [1.29, 1.82) is 0 Å². The van der Waals surface area contributed by atoms with Crippen LogP contribution in [0.15, 0.2) is 60.7 Å². The van der Waals surface area contributed by atoms with Crippen LogP contribution in [0.3, 0.4) is 0 Å². The number of nitrogens with zero attached hydrogens (tertiary/aromatic N) is 3. The van der Waals surface area contributed by atoms with E-state index in [1.54, 1.807) is 6.92 Å². The van der Waals surface area contributed by atoms with Gasteiger partial charge in [0.15, 0.2) is 0 Å². The molecule has 0 N–H and O–H groups in total. The first kappa shape index (κ1) is 23.0. The third-order valence-electron chi connectivity index (χ3n) is 7.19. The van der Waals surface area contributed by atoms with E-state index in [1.165, 1.54) is 0 Å². The molecule has 2 aromatic carbocycles. The molecule has 2 aliphatic rings. The first-order valence-electron chi connectivity index (χ1n) is 11.8. The van der Waals surface area contributed by atoms with Crippen molar-refractivity contribution in [1.82, 2.24) is 14.7 Å². The van der Waals surface area contributed by atoms with Crippen molar-refractivity contribution in [2.45, 2.75) is 39.2 Å². The quantitative estimate of drug-likeness (QED) is 0.723. The Kier molecular flexibility index (Phi) is 6.82. The van der Waals surface area contributed by atoms with Gasteiger partial charge in [-0.15, -0.1) is 0 Å². The summed E-state index contributed by atoms with van der Waals surface area (Å²) in [4.78, 5) is 44.3. The molecule has 174 valence electrons. The molecule has 2 aromatic rings. The minimum absolute atomic E-state index is 0.0346. The average molecular weight is 448 g/mol. The maximum Gasteiger partial charge on any atom is 0.228 e. The summed E-state index contributed by atoms with van der Waals surface area (Å²) in [6.45, 7) is 6.42. The van der Waals surface area contributed by atoms with Gasteiger partial charge in [-0.3, -0.25) is 14.4 Å². The Morgan fingerprint density at radius 2 is 1.45 bits per heavy atom. The monoisotopic (exact) mass is 447 g/mol. The van der Waals surface area contributed by atoms with Crippen LogP contribution in [0.4, 0.5) is 0 Å². The van der Waals surface area contributed by atoms with E-state index in [4.69, 9.17) is 0 Å². The molecule has 0 spiro atoms. The highest BCUT2D eigenvalue weighted by Crippen LogP contribution is 2.35. The summed E-state index contributed by atoms with van der Waals surface area (Å²) < 4.78 is 0. The number of amides is 3. The zero-order chi connectivity index (χ0) is 23.4. The maximum absolute atomic E-state index is 13.6. The van der Waals surface area contributed by atoms with E-state index < -0.39 is 5.41 Å². The lowest BCUT2D eigenvalue weighted by molar-refractivity contribution is -0.152. The molecule has 0 radical (unpaired) electrons. The highest BCUT2D eigenvalue weighted by molar-refractivity contribution is 5.84. The van der Waals surface area contributed by atoms with Crippen molar-refractivity contribution in [3.8, 4) is 0 Å². The Hall–Kier alpha value is -3.15. The molecule has 6 heteroatoms. The van der Waals surface area contributed by atoms with Crippen molar-refractivity contribution < 1.29 is 14.4 Å². The Balaban J connectivity index is 1.39. The number of piperazine rings is 1. The fourth-order valence-corrected chi connectivity index (χ4v) is 5.03. The summed E-state index contributed by atoms with van der Waals surface area (Å²) in [7, 11) is 0. The molecule has 0 bridgehead atoms. The SMILES string of the molecule is CC(=O)N1CCN(C(=O)C2(C)CCN(C(=O)Cc3ccccc3)CC2)C[C@@H]1c1ccccc1. The van der Waals surface area contributed by atoms with Gasteiger partial charge in [0.2, 0.25) is 17.7 Å². The first-order chi connectivity index (χ1) is 15.9. The van der Waals surface area contributed by atoms with Gasteiger partial charge < -0.3 is 14.7 Å². The molecular formula is C27H33N3O3. The summed E-state index contributed by atoms with van der Waals surface area (Å²) in [5.74, 6) is 0.295. The van der Waals surface area contributed by atoms with Crippen molar-refractivity contribution in [3.05, 3.63) is 71.8 Å². The maximum atomic E-state index is 13.6. The van der Waals surface area contributed by atoms with Crippen LogP contribution in [0.25, 0.3) is 0 Å². The molecule has 33 heavy (non-hydrogen) atoms. The van der Waals surface area contributed by atoms with Crippen LogP contribution in [0.2, 0.25) is 0 Å². The zero-order valence-corrected chi connectivity index (χ0v) is 19.6. The molecule has 1 atom stereocenters. The largest absolute Gasteiger partial charge is 0.342 e. The van der Waals surface area contributed by atoms with Crippen LogP contribution >= 0.6 is 0 Å². The average Bonchev–Trinajstić information content (AvgIpc) is 2.84. The normalized spacial score (nSPS) is 20.4. The number of carbonyl (C=O) groups excluding carboxylic acids is 3. The van der Waals surface area contributed by atoms with Gasteiger partial charge in [0.05, 0.1) is 12.5 Å². The van der Waals surface area contributed by atoms with E-state index in [2.05, 4.69) is 0 Å². The number of benzene rings is 2. The number of hydrogen-bond acceptors (Lipinski definition) is 3. The summed E-state index contributed by atoms with van der Waals surface area (Å²) in [6, 6.07) is 19.6. The fraction of sp³-hybridized carbons (Fsp3) is 0.444. The predicted molar refractivity (Wildman–Crippen MR) is 127 cm³/mol. The summed E-state index contributed by atoms with van der Waals surface area (Å²) in [5, 5.41) is 0. The lowest BCUT2D eigenvalue weighted by atomic mass is 9.78. The van der Waals surface area contributed by atoms with Crippen LogP contribution in [-0.2, 0) is 20.8 Å². The van der Waals surface area contributed by atoms with Crippen LogP contribution in [0, 0.1) is 5.41 Å². The zero-order valence-electron chi connectivity index (χ0n) is 19.6. The van der Waals surface area contributed by atoms with Crippen molar-refractivity contribution in [3.63, 3.8) is 0 Å². The van der Waals surface area contributed by atoms with E-state index >= 15 is 0 Å². The van der Waals surface area contributed by atoms with Crippen molar-refractivity contribution in [2.24, 2.45) is 5.41 Å². The van der Waals surface area contributed by atoms with E-state index in [-0.39, 0.29) is 23.8 Å². The summed E-state index contributed by atoms with van der Waals surface area (Å²) >= 11 is 0. The number of carbonyl (C=O) groups is 3. The lowest BCUT2D eigenvalue weighted by Gasteiger charge is -2.46. The highest BCUT2D eigenvalue weighted by Gasteiger charge is 2.43. The van der Waals surface area contributed by atoms with Gasteiger partial charge >= 0.3 is 0 Å². The third kappa shape index (κ3) is 5.10. The van der Waals surface area contributed by atoms with E-state index in [1.807, 2.05) is 82.3 Å². The second-order valence-corrected chi connectivity index (χ2v) is 9.49. The Bertz CT molecular complexity index is 984. The van der Waals surface area contributed by atoms with Crippen molar-refractivity contribution >= 4 is 17.7 Å². The molecule has 0 unspecified atom stereocenters. The molecular weight excluding hydrogens is 414 g/mol. The fourth-order valence-electron chi connectivity index (χ4n) is 5.03. The molecule has 3 amide bonds. The second kappa shape index (κ2) is 9.77. The molecule has 2 fully saturated rings. The molecule has 2 saturated heterocycles. The van der Waals surface area contributed by atoms with Crippen LogP contribution in [-0.4, -0.2) is 65.1 Å². The van der Waals surface area contributed by atoms with Gasteiger partial charge in [-0.1, -0.05) is 67.6 Å². The Morgan fingerprint density at radius 1 is 0.848 bits per heavy atom. The lowest BCUT2D eigenvalue weighted by Crippen LogP contribution is -2.56. The number of likely N-dealkylation sites (tertiary alicyclic amines) is 1. The molecule has 4 rings (SSSR count). The molecule has 2 heterocycles. The van der Waals surface area contributed by atoms with Crippen LogP contribution in [0.1, 0.15) is 43.9 Å². The van der Waals surface area contributed by atoms with Gasteiger partial charge in [0, 0.05) is 45.1 Å². The van der Waals surface area contributed by atoms with E-state index in [9.17, 15) is 14.4 Å². The molecule has 6 nitrogen and oxygen atoms in total. The third-order valence-corrected chi connectivity index (χ3v) is 7.19. The second-order valence-electron chi connectivity index (χ2n) is 9.49. The van der Waals surface area contributed by atoms with Gasteiger partial charge in [-0.25, -0.2) is 0 Å². The van der Waals surface area contributed by atoms with Gasteiger partial charge in [-0.05, 0) is 24.0 Å². The van der Waals surface area contributed by atoms with Crippen LogP contribution in [0.5, 0.6) is 0 Å². The predicted octanol–water partition coefficient (Wildman–Crippen LogP) is 3.29. The van der Waals surface area contributed by atoms with E-state index in [0.29, 0.717) is 52.0 Å². The number of hydrogen-bond donors (Lipinski definition) is 0. The summed E-state index contributed by atoms with van der Waals surface area (Å²) in [6.07, 6.45) is 1.72. The van der Waals surface area contributed by atoms with Gasteiger partial charge in [0.25, 0.3) is 0 Å². The molecule has 0 aromatic heterocycles.